The van der Waals surface area contributed by atoms with Gasteiger partial charge in [-0.1, -0.05) is 6.92 Å². The van der Waals surface area contributed by atoms with Crippen LogP contribution >= 0.6 is 0 Å². The third-order valence-electron chi connectivity index (χ3n) is 1.93. The first-order valence-corrected chi connectivity index (χ1v) is 3.73. The van der Waals surface area contributed by atoms with E-state index in [4.69, 9.17) is 5.73 Å². The first kappa shape index (κ1) is 7.54. The molecule has 1 fully saturated rings. The highest BCUT2D eigenvalue weighted by Gasteiger charge is 2.18. The van der Waals surface area contributed by atoms with Crippen LogP contribution in [0, 0.1) is 5.92 Å². The largest absolute Gasteiger partial charge is 0.354 e. The van der Waals surface area contributed by atoms with Crippen LogP contribution in [0.3, 0.4) is 0 Å². The Kier molecular flexibility index (Phi) is 2.27. The number of carbonyl (C=O) groups is 1. The number of nitrogens with one attached hydrogen (secondary N) is 1. The van der Waals surface area contributed by atoms with Crippen LogP contribution < -0.4 is 11.1 Å². The summed E-state index contributed by atoms with van der Waals surface area (Å²) in [4.78, 5) is 10.9. The van der Waals surface area contributed by atoms with Crippen LogP contribution in [0.5, 0.6) is 0 Å². The fourth-order valence-corrected chi connectivity index (χ4v) is 1.10. The summed E-state index contributed by atoms with van der Waals surface area (Å²) in [6.45, 7) is 2.91. The van der Waals surface area contributed by atoms with Gasteiger partial charge in [-0.05, 0) is 18.8 Å². The van der Waals surface area contributed by atoms with Gasteiger partial charge >= 0.3 is 0 Å². The van der Waals surface area contributed by atoms with E-state index in [1.54, 1.807) is 0 Å². The van der Waals surface area contributed by atoms with Gasteiger partial charge in [0.15, 0.2) is 0 Å². The van der Waals surface area contributed by atoms with Crippen molar-refractivity contribution in [3.05, 3.63) is 0 Å². The molecule has 3 nitrogen and oxygen atoms in total. The Balaban J connectivity index is 2.46. The third-order valence-corrected chi connectivity index (χ3v) is 1.93. The molecule has 1 heterocycles. The number of amides is 1. The van der Waals surface area contributed by atoms with Crippen LogP contribution in [-0.2, 0) is 4.79 Å². The molecule has 0 unspecified atom stereocenters. The lowest BCUT2D eigenvalue weighted by Gasteiger charge is -2.04. The minimum absolute atomic E-state index is 0.00403. The van der Waals surface area contributed by atoms with E-state index in [2.05, 4.69) is 12.2 Å². The predicted octanol–water partition coefficient (Wildman–Crippen LogP) is -0.140. The van der Waals surface area contributed by atoms with Crippen molar-refractivity contribution in [3.63, 3.8) is 0 Å². The lowest BCUT2D eigenvalue weighted by atomic mass is 10.0. The molecule has 1 aliphatic rings. The van der Waals surface area contributed by atoms with Crippen molar-refractivity contribution in [2.24, 2.45) is 11.7 Å². The molecule has 0 radical (unpaired) electrons. The summed E-state index contributed by atoms with van der Waals surface area (Å²) in [6.07, 6.45) is 1.88. The van der Waals surface area contributed by atoms with E-state index in [1.807, 2.05) is 0 Å². The fraction of sp³-hybridized carbons (Fsp3) is 0.857. The van der Waals surface area contributed by atoms with Gasteiger partial charge in [0.2, 0.25) is 5.91 Å². The Labute approximate surface area is 61.0 Å². The molecule has 0 aromatic rings. The molecule has 1 rings (SSSR count). The number of rotatable bonds is 0. The summed E-state index contributed by atoms with van der Waals surface area (Å²) in [7, 11) is 0. The molecule has 58 valence electrons. The summed E-state index contributed by atoms with van der Waals surface area (Å²) in [6, 6.07) is -0.273. The molecular weight excluding hydrogens is 128 g/mol. The zero-order valence-electron chi connectivity index (χ0n) is 6.26. The maximum absolute atomic E-state index is 10.9. The van der Waals surface area contributed by atoms with Crippen molar-refractivity contribution < 1.29 is 4.79 Å². The molecule has 0 spiro atoms. The van der Waals surface area contributed by atoms with E-state index >= 15 is 0 Å². The number of hydrogen-bond donors (Lipinski definition) is 2. The zero-order valence-corrected chi connectivity index (χ0v) is 6.26. The molecule has 2 atom stereocenters. The van der Waals surface area contributed by atoms with Crippen LogP contribution in [0.25, 0.3) is 0 Å². The standard InChI is InChI=1S/C7H14N2O/c1-5-2-3-6(8)7(10)9-4-5/h5-6H,2-4,8H2,1H3,(H,9,10)/t5-,6-/m1/s1. The Morgan fingerprint density at radius 2 is 2.30 bits per heavy atom. The summed E-state index contributed by atoms with van der Waals surface area (Å²) in [5.41, 5.74) is 5.53. The van der Waals surface area contributed by atoms with E-state index in [1.165, 1.54) is 0 Å². The summed E-state index contributed by atoms with van der Waals surface area (Å²) in [5.74, 6) is 0.585. The van der Waals surface area contributed by atoms with Gasteiger partial charge in [0.1, 0.15) is 0 Å². The molecule has 10 heavy (non-hydrogen) atoms. The normalized spacial score (nSPS) is 34.8. The molecule has 3 N–H and O–H groups in total. The number of hydrogen-bond acceptors (Lipinski definition) is 2. The Hall–Kier alpha value is -0.570. The highest BCUT2D eigenvalue weighted by molar-refractivity contribution is 5.81. The average molecular weight is 142 g/mol. The highest BCUT2D eigenvalue weighted by Crippen LogP contribution is 2.09. The molecule has 1 saturated heterocycles. The highest BCUT2D eigenvalue weighted by atomic mass is 16.2. The second-order valence-corrected chi connectivity index (χ2v) is 3.03. The molecule has 0 aromatic heterocycles. The van der Waals surface area contributed by atoms with Gasteiger partial charge in [-0.3, -0.25) is 4.79 Å². The van der Waals surface area contributed by atoms with Crippen molar-refractivity contribution in [2.45, 2.75) is 25.8 Å². The minimum atomic E-state index is -0.273. The van der Waals surface area contributed by atoms with Crippen molar-refractivity contribution in [1.29, 1.82) is 0 Å². The molecular formula is C7H14N2O. The summed E-state index contributed by atoms with van der Waals surface area (Å²) in [5, 5.41) is 2.78. The molecule has 0 aromatic carbocycles. The smallest absolute Gasteiger partial charge is 0.236 e. The molecule has 0 aliphatic carbocycles. The van der Waals surface area contributed by atoms with Gasteiger partial charge in [-0.2, -0.15) is 0 Å². The first-order valence-electron chi connectivity index (χ1n) is 3.73. The summed E-state index contributed by atoms with van der Waals surface area (Å²) >= 11 is 0. The number of nitrogens with two attached hydrogens (primary N) is 1. The van der Waals surface area contributed by atoms with Gasteiger partial charge in [-0.15, -0.1) is 0 Å². The van der Waals surface area contributed by atoms with E-state index < -0.39 is 0 Å². The van der Waals surface area contributed by atoms with Gasteiger partial charge in [0, 0.05) is 6.54 Å². The second kappa shape index (κ2) is 3.01. The first-order chi connectivity index (χ1) is 4.70. The van der Waals surface area contributed by atoms with E-state index in [9.17, 15) is 4.79 Å². The van der Waals surface area contributed by atoms with Crippen molar-refractivity contribution >= 4 is 5.91 Å². The third kappa shape index (κ3) is 1.70. The molecule has 1 aliphatic heterocycles. The van der Waals surface area contributed by atoms with Crippen LogP contribution in [-0.4, -0.2) is 18.5 Å². The van der Waals surface area contributed by atoms with Crippen molar-refractivity contribution in [3.8, 4) is 0 Å². The average Bonchev–Trinajstić information content (AvgIpc) is 2.04. The van der Waals surface area contributed by atoms with Crippen molar-refractivity contribution in [2.75, 3.05) is 6.54 Å². The Bertz CT molecular complexity index is 136. The quantitative estimate of drug-likeness (QED) is 0.494. The lowest BCUT2D eigenvalue weighted by Crippen LogP contribution is -2.38. The van der Waals surface area contributed by atoms with Crippen LogP contribution in [0.2, 0.25) is 0 Å². The van der Waals surface area contributed by atoms with E-state index in [0.29, 0.717) is 5.92 Å². The van der Waals surface area contributed by atoms with Gasteiger partial charge < -0.3 is 11.1 Å². The fourth-order valence-electron chi connectivity index (χ4n) is 1.10. The second-order valence-electron chi connectivity index (χ2n) is 3.03. The van der Waals surface area contributed by atoms with Crippen LogP contribution in [0.15, 0.2) is 0 Å². The van der Waals surface area contributed by atoms with Crippen molar-refractivity contribution in [1.82, 2.24) is 5.32 Å². The Morgan fingerprint density at radius 3 is 3.00 bits per heavy atom. The Morgan fingerprint density at radius 1 is 1.60 bits per heavy atom. The SMILES string of the molecule is C[C@@H]1CC[C@@H](N)C(=O)NC1. The molecule has 3 heteroatoms. The molecule has 1 amide bonds. The number of carbonyl (C=O) groups excluding carboxylic acids is 1. The maximum atomic E-state index is 10.9. The topological polar surface area (TPSA) is 55.1 Å². The summed E-state index contributed by atoms with van der Waals surface area (Å²) < 4.78 is 0. The van der Waals surface area contributed by atoms with Crippen LogP contribution in [0.1, 0.15) is 19.8 Å². The molecule has 0 bridgehead atoms. The zero-order chi connectivity index (χ0) is 7.56. The van der Waals surface area contributed by atoms with Gasteiger partial charge in [-0.25, -0.2) is 0 Å². The predicted molar refractivity (Wildman–Crippen MR) is 39.4 cm³/mol. The van der Waals surface area contributed by atoms with Gasteiger partial charge in [0.25, 0.3) is 0 Å². The van der Waals surface area contributed by atoms with E-state index in [-0.39, 0.29) is 11.9 Å². The minimum Gasteiger partial charge on any atom is -0.354 e. The monoisotopic (exact) mass is 142 g/mol. The maximum Gasteiger partial charge on any atom is 0.236 e. The lowest BCUT2D eigenvalue weighted by molar-refractivity contribution is -0.122. The van der Waals surface area contributed by atoms with E-state index in [0.717, 1.165) is 19.4 Å². The van der Waals surface area contributed by atoms with Gasteiger partial charge in [0.05, 0.1) is 6.04 Å². The molecule has 0 saturated carbocycles. The van der Waals surface area contributed by atoms with Crippen LogP contribution in [0.4, 0.5) is 0 Å².